The van der Waals surface area contributed by atoms with Gasteiger partial charge in [0, 0.05) is 46.1 Å². The van der Waals surface area contributed by atoms with Gasteiger partial charge in [-0.15, -0.1) is 0 Å². The lowest BCUT2D eigenvalue weighted by molar-refractivity contribution is -0.384. The molecule has 6 nitrogen and oxygen atoms in total. The molecule has 1 amide bonds. The number of aromatic amines is 1. The van der Waals surface area contributed by atoms with Gasteiger partial charge in [0.2, 0.25) is 0 Å². The smallest absolute Gasteiger partial charge is 0.270 e. The number of non-ortho nitro benzene ring substituents is 1. The maximum atomic E-state index is 12.5. The van der Waals surface area contributed by atoms with Crippen LogP contribution in [0.15, 0.2) is 54.2 Å². The third kappa shape index (κ3) is 4.11. The second-order valence-electron chi connectivity index (χ2n) is 7.84. The Bertz CT molecular complexity index is 1070. The van der Waals surface area contributed by atoms with Gasteiger partial charge < -0.3 is 10.3 Å². The lowest BCUT2D eigenvalue weighted by atomic mass is 9.87. The first kappa shape index (κ1) is 19.4. The molecule has 0 spiro atoms. The Morgan fingerprint density at radius 1 is 1.14 bits per heavy atom. The monoisotopic (exact) mass is 377 g/mol. The number of nitro groups is 1. The van der Waals surface area contributed by atoms with E-state index in [4.69, 9.17) is 0 Å². The van der Waals surface area contributed by atoms with Crippen LogP contribution in [0.4, 0.5) is 11.4 Å². The van der Waals surface area contributed by atoms with Crippen LogP contribution in [-0.2, 0) is 10.2 Å². The van der Waals surface area contributed by atoms with Crippen molar-refractivity contribution in [1.82, 2.24) is 4.98 Å². The number of fused-ring (bicyclic) bond motifs is 1. The molecule has 2 N–H and O–H groups in total. The number of hydrogen-bond acceptors (Lipinski definition) is 3. The molecule has 0 aliphatic heterocycles. The second-order valence-corrected chi connectivity index (χ2v) is 7.84. The summed E-state index contributed by atoms with van der Waals surface area (Å²) in [6, 6.07) is 12.4. The molecule has 0 aliphatic rings. The number of hydrogen-bond donors (Lipinski definition) is 2. The largest absolute Gasteiger partial charge is 0.361 e. The maximum absolute atomic E-state index is 12.5. The average Bonchev–Trinajstić information content (AvgIpc) is 3.03. The molecule has 3 aromatic rings. The average molecular weight is 377 g/mol. The zero-order chi connectivity index (χ0) is 20.5. The molecule has 0 atom stereocenters. The quantitative estimate of drug-likeness (QED) is 0.362. The van der Waals surface area contributed by atoms with Crippen LogP contribution in [0.1, 0.15) is 38.8 Å². The number of rotatable bonds is 4. The van der Waals surface area contributed by atoms with E-state index in [1.807, 2.05) is 24.3 Å². The van der Waals surface area contributed by atoms with Crippen molar-refractivity contribution in [3.63, 3.8) is 0 Å². The van der Waals surface area contributed by atoms with Crippen molar-refractivity contribution in [2.75, 3.05) is 5.32 Å². The van der Waals surface area contributed by atoms with Crippen molar-refractivity contribution in [2.24, 2.45) is 0 Å². The van der Waals surface area contributed by atoms with Gasteiger partial charge in [0.05, 0.1) is 4.92 Å². The van der Waals surface area contributed by atoms with Crippen molar-refractivity contribution < 1.29 is 9.72 Å². The van der Waals surface area contributed by atoms with Crippen LogP contribution in [0.25, 0.3) is 17.0 Å². The van der Waals surface area contributed by atoms with Gasteiger partial charge in [-0.2, -0.15) is 0 Å². The minimum absolute atomic E-state index is 0.0165. The molecule has 28 heavy (non-hydrogen) atoms. The van der Waals surface area contributed by atoms with Crippen molar-refractivity contribution in [1.29, 1.82) is 0 Å². The Morgan fingerprint density at radius 2 is 1.82 bits per heavy atom. The standard InChI is InChI=1S/C22H23N3O3/c1-14(21(26)24-17-7-5-16(6-8-17)22(2,3)4)11-15-13-23-20-10-9-18(25(27)28)12-19(15)20/h5-13,23H,1-4H3,(H,24,26)/b14-11+. The predicted molar refractivity (Wildman–Crippen MR) is 112 cm³/mol. The van der Waals surface area contributed by atoms with E-state index in [9.17, 15) is 14.9 Å². The van der Waals surface area contributed by atoms with Gasteiger partial charge >= 0.3 is 0 Å². The van der Waals surface area contributed by atoms with E-state index in [-0.39, 0.29) is 17.0 Å². The molecule has 2 aromatic carbocycles. The fourth-order valence-corrected chi connectivity index (χ4v) is 2.95. The summed E-state index contributed by atoms with van der Waals surface area (Å²) in [5, 5.41) is 14.6. The van der Waals surface area contributed by atoms with E-state index in [1.165, 1.54) is 17.7 Å². The Morgan fingerprint density at radius 3 is 2.43 bits per heavy atom. The number of anilines is 1. The van der Waals surface area contributed by atoms with Crippen LogP contribution in [0.3, 0.4) is 0 Å². The number of carbonyl (C=O) groups is 1. The van der Waals surface area contributed by atoms with Gasteiger partial charge in [0.1, 0.15) is 0 Å². The van der Waals surface area contributed by atoms with Crippen LogP contribution >= 0.6 is 0 Å². The molecule has 1 aromatic heterocycles. The second kappa shape index (κ2) is 7.31. The Hall–Kier alpha value is -3.41. The number of amides is 1. The molecule has 6 heteroatoms. The van der Waals surface area contributed by atoms with Crippen LogP contribution < -0.4 is 5.32 Å². The molecule has 3 rings (SSSR count). The summed E-state index contributed by atoms with van der Waals surface area (Å²) >= 11 is 0. The molecule has 0 fully saturated rings. The molecule has 0 bridgehead atoms. The summed E-state index contributed by atoms with van der Waals surface area (Å²) in [7, 11) is 0. The van der Waals surface area contributed by atoms with Gasteiger partial charge in [-0.1, -0.05) is 32.9 Å². The van der Waals surface area contributed by atoms with E-state index in [1.54, 1.807) is 25.3 Å². The summed E-state index contributed by atoms with van der Waals surface area (Å²) in [4.78, 5) is 26.2. The number of aromatic nitrogens is 1. The number of carbonyl (C=O) groups excluding carboxylic acids is 1. The Labute approximate surface area is 163 Å². The minimum atomic E-state index is -0.430. The van der Waals surface area contributed by atoms with Crippen LogP contribution in [0.5, 0.6) is 0 Å². The number of nitro benzene ring substituents is 1. The summed E-state index contributed by atoms with van der Waals surface area (Å²) in [6.07, 6.45) is 3.46. The summed E-state index contributed by atoms with van der Waals surface area (Å²) in [5.74, 6) is -0.219. The molecule has 0 unspecified atom stereocenters. The Kier molecular flexibility index (Phi) is 5.05. The highest BCUT2D eigenvalue weighted by molar-refractivity contribution is 6.07. The molecular formula is C22H23N3O3. The van der Waals surface area contributed by atoms with E-state index in [2.05, 4.69) is 31.1 Å². The fourth-order valence-electron chi connectivity index (χ4n) is 2.95. The molecule has 144 valence electrons. The highest BCUT2D eigenvalue weighted by Crippen LogP contribution is 2.26. The normalized spacial score (nSPS) is 12.2. The maximum Gasteiger partial charge on any atom is 0.270 e. The zero-order valence-electron chi connectivity index (χ0n) is 16.4. The zero-order valence-corrected chi connectivity index (χ0v) is 16.4. The predicted octanol–water partition coefficient (Wildman–Crippen LogP) is 5.42. The van der Waals surface area contributed by atoms with Gasteiger partial charge in [-0.3, -0.25) is 14.9 Å². The van der Waals surface area contributed by atoms with Gasteiger partial charge in [-0.25, -0.2) is 0 Å². The SMILES string of the molecule is C/C(=C\c1c[nH]c2ccc([N+](=O)[O-])cc12)C(=O)Nc1ccc(C(C)(C)C)cc1. The van der Waals surface area contributed by atoms with E-state index in [0.717, 1.165) is 16.8 Å². The number of nitrogens with one attached hydrogen (secondary N) is 2. The third-order valence-corrected chi connectivity index (χ3v) is 4.65. The molecular weight excluding hydrogens is 354 g/mol. The number of H-pyrrole nitrogens is 1. The van der Waals surface area contributed by atoms with Crippen LogP contribution in [0, 0.1) is 10.1 Å². The Balaban J connectivity index is 1.81. The van der Waals surface area contributed by atoms with Crippen LogP contribution in [-0.4, -0.2) is 15.8 Å². The third-order valence-electron chi connectivity index (χ3n) is 4.65. The van der Waals surface area contributed by atoms with Gasteiger partial charge in [0.15, 0.2) is 0 Å². The number of nitrogens with zero attached hydrogens (tertiary/aromatic N) is 1. The molecule has 0 radical (unpaired) electrons. The van der Waals surface area contributed by atoms with Crippen molar-refractivity contribution in [3.05, 3.63) is 75.5 Å². The van der Waals surface area contributed by atoms with Crippen molar-refractivity contribution >= 4 is 34.3 Å². The van der Waals surface area contributed by atoms with E-state index in [0.29, 0.717) is 11.0 Å². The lowest BCUT2D eigenvalue weighted by Crippen LogP contribution is -2.14. The molecule has 0 aliphatic carbocycles. The van der Waals surface area contributed by atoms with Crippen molar-refractivity contribution in [3.8, 4) is 0 Å². The topological polar surface area (TPSA) is 88.0 Å². The van der Waals surface area contributed by atoms with E-state index < -0.39 is 4.92 Å². The lowest BCUT2D eigenvalue weighted by Gasteiger charge is -2.19. The van der Waals surface area contributed by atoms with Gasteiger partial charge in [0.25, 0.3) is 11.6 Å². The van der Waals surface area contributed by atoms with E-state index >= 15 is 0 Å². The first-order valence-corrected chi connectivity index (χ1v) is 9.01. The molecule has 0 saturated heterocycles. The highest BCUT2D eigenvalue weighted by Gasteiger charge is 2.14. The first-order chi connectivity index (χ1) is 13.1. The van der Waals surface area contributed by atoms with Gasteiger partial charge in [-0.05, 0) is 42.2 Å². The molecule has 0 saturated carbocycles. The van der Waals surface area contributed by atoms with Crippen LogP contribution in [0.2, 0.25) is 0 Å². The minimum Gasteiger partial charge on any atom is -0.361 e. The summed E-state index contributed by atoms with van der Waals surface area (Å²) < 4.78 is 0. The molecule has 1 heterocycles. The first-order valence-electron chi connectivity index (χ1n) is 9.01. The highest BCUT2D eigenvalue weighted by atomic mass is 16.6. The number of benzene rings is 2. The summed E-state index contributed by atoms with van der Waals surface area (Å²) in [6.45, 7) is 8.13. The fraction of sp³-hybridized carbons (Fsp3) is 0.227. The van der Waals surface area contributed by atoms with Crippen molar-refractivity contribution in [2.45, 2.75) is 33.1 Å². The summed E-state index contributed by atoms with van der Waals surface area (Å²) in [5.41, 5.74) is 4.00.